The maximum absolute atomic E-state index is 14.4. The van der Waals surface area contributed by atoms with Crippen LogP contribution in [0.2, 0.25) is 0 Å². The molecule has 12 nitrogen and oxygen atoms in total. The number of anilines is 2. The smallest absolute Gasteiger partial charge is 0.379 e. The molecular weight excluding hydrogens is 653 g/mol. The van der Waals surface area contributed by atoms with Crippen LogP contribution >= 0.6 is 0 Å². The summed E-state index contributed by atoms with van der Waals surface area (Å²) in [6.45, 7) is 10.6. The maximum atomic E-state index is 14.4. The number of rotatable bonds is 9. The third-order valence-electron chi connectivity index (χ3n) is 8.61. The van der Waals surface area contributed by atoms with E-state index in [9.17, 15) is 27.6 Å². The van der Waals surface area contributed by atoms with Crippen molar-refractivity contribution in [1.82, 2.24) is 30.0 Å². The Morgan fingerprint density at radius 2 is 1.80 bits per heavy atom. The summed E-state index contributed by atoms with van der Waals surface area (Å²) in [5.41, 5.74) is 1.90. The summed E-state index contributed by atoms with van der Waals surface area (Å²) in [5.74, 6) is -3.09. The van der Waals surface area contributed by atoms with Crippen molar-refractivity contribution < 1.29 is 32.3 Å². The first-order valence-corrected chi connectivity index (χ1v) is 16.0. The number of para-hydroxylation sites is 1. The predicted molar refractivity (Wildman–Crippen MR) is 178 cm³/mol. The number of alkyl halides is 3. The van der Waals surface area contributed by atoms with E-state index in [1.807, 2.05) is 30.3 Å². The van der Waals surface area contributed by atoms with E-state index in [-0.39, 0.29) is 12.5 Å². The van der Waals surface area contributed by atoms with Gasteiger partial charge in [0.05, 0.1) is 24.6 Å². The van der Waals surface area contributed by atoms with E-state index >= 15 is 0 Å². The third-order valence-corrected chi connectivity index (χ3v) is 8.61. The summed E-state index contributed by atoms with van der Waals surface area (Å²) in [6, 6.07) is 15.4. The molecule has 2 unspecified atom stereocenters. The molecule has 15 heteroatoms. The van der Waals surface area contributed by atoms with E-state index in [1.54, 1.807) is 42.8 Å². The number of carbonyl (C=O) groups is 3. The number of aromatic nitrogens is 4. The van der Waals surface area contributed by atoms with Gasteiger partial charge in [-0.3, -0.25) is 24.2 Å². The van der Waals surface area contributed by atoms with E-state index in [1.165, 1.54) is 4.90 Å². The molecule has 4 heterocycles. The molecule has 2 aliphatic heterocycles. The number of carbonyl (C=O) groups excluding carboxylic acids is 3. The minimum absolute atomic E-state index is 0.199. The minimum atomic E-state index is -4.81. The number of benzene rings is 2. The molecule has 50 heavy (non-hydrogen) atoms. The molecule has 6 rings (SSSR count). The molecular formula is C35H35F3N8O4. The zero-order valence-electron chi connectivity index (χ0n) is 27.4. The van der Waals surface area contributed by atoms with Gasteiger partial charge in [-0.05, 0) is 49.7 Å². The fraction of sp³-hybridized carbons (Fsp3) is 0.314. The zero-order valence-corrected chi connectivity index (χ0v) is 27.4. The van der Waals surface area contributed by atoms with E-state index in [0.29, 0.717) is 78.5 Å². The SMILES string of the molecule is C=C(CN1CCOCC1)C(=O)Nc1cccc(C2c3c(C)nn(-c4ccccc4)c3N(CC)C(=O)C2NC(=O)c2nccc(C(F)(F)F)n2)c1. The molecule has 1 saturated heterocycles. The quantitative estimate of drug-likeness (QED) is 0.251. The molecule has 4 aromatic rings. The molecule has 2 aliphatic rings. The molecule has 0 radical (unpaired) electrons. The second-order valence-corrected chi connectivity index (χ2v) is 11.9. The van der Waals surface area contributed by atoms with Gasteiger partial charge >= 0.3 is 6.18 Å². The predicted octanol–water partition coefficient (Wildman–Crippen LogP) is 4.11. The van der Waals surface area contributed by atoms with Crippen LogP contribution in [0.25, 0.3) is 5.69 Å². The summed E-state index contributed by atoms with van der Waals surface area (Å²) in [7, 11) is 0. The number of ether oxygens (including phenoxy) is 1. The van der Waals surface area contributed by atoms with Gasteiger partial charge in [0.1, 0.15) is 17.6 Å². The molecule has 2 aromatic heterocycles. The molecule has 2 aromatic carbocycles. The van der Waals surface area contributed by atoms with Gasteiger partial charge < -0.3 is 15.4 Å². The van der Waals surface area contributed by atoms with Crippen LogP contribution in [0, 0.1) is 6.92 Å². The Balaban J connectivity index is 1.40. The van der Waals surface area contributed by atoms with Crippen molar-refractivity contribution in [2.75, 3.05) is 49.6 Å². The Hall–Kier alpha value is -5.41. The van der Waals surface area contributed by atoms with Gasteiger partial charge in [-0.25, -0.2) is 14.6 Å². The number of aryl methyl sites for hydroxylation is 1. The van der Waals surface area contributed by atoms with Crippen molar-refractivity contribution in [3.8, 4) is 5.69 Å². The fourth-order valence-electron chi connectivity index (χ4n) is 6.25. The highest BCUT2D eigenvalue weighted by Gasteiger charge is 2.46. The largest absolute Gasteiger partial charge is 0.433 e. The first-order chi connectivity index (χ1) is 24.0. The number of halogens is 3. The average Bonchev–Trinajstić information content (AvgIpc) is 3.45. The van der Waals surface area contributed by atoms with Crippen molar-refractivity contribution in [3.05, 3.63) is 107 Å². The van der Waals surface area contributed by atoms with E-state index in [0.717, 1.165) is 6.20 Å². The molecule has 2 N–H and O–H groups in total. The Kier molecular flexibility index (Phi) is 9.79. The lowest BCUT2D eigenvalue weighted by molar-refractivity contribution is -0.141. The summed E-state index contributed by atoms with van der Waals surface area (Å²) in [6.07, 6.45) is -3.97. The Morgan fingerprint density at radius 1 is 1.06 bits per heavy atom. The molecule has 2 atom stereocenters. The molecule has 260 valence electrons. The zero-order chi connectivity index (χ0) is 35.6. The lowest BCUT2D eigenvalue weighted by atomic mass is 9.81. The van der Waals surface area contributed by atoms with E-state index in [4.69, 9.17) is 9.84 Å². The normalized spacial score (nSPS) is 18.0. The number of likely N-dealkylation sites (N-methyl/N-ethyl adjacent to an activating group) is 1. The number of morpholine rings is 1. The Morgan fingerprint density at radius 3 is 2.50 bits per heavy atom. The number of hydrogen-bond acceptors (Lipinski definition) is 8. The Labute approximate surface area is 286 Å². The van der Waals surface area contributed by atoms with Crippen molar-refractivity contribution in [2.45, 2.75) is 32.0 Å². The lowest BCUT2D eigenvalue weighted by Gasteiger charge is -2.38. The molecule has 3 amide bonds. The number of hydrogen-bond donors (Lipinski definition) is 2. The number of amides is 3. The highest BCUT2D eigenvalue weighted by Crippen LogP contribution is 2.44. The second-order valence-electron chi connectivity index (χ2n) is 11.9. The van der Waals surface area contributed by atoms with Crippen LogP contribution in [-0.4, -0.2) is 87.8 Å². The average molecular weight is 689 g/mol. The van der Waals surface area contributed by atoms with Crippen LogP contribution < -0.4 is 15.5 Å². The molecule has 1 fully saturated rings. The van der Waals surface area contributed by atoms with Crippen LogP contribution in [0.1, 0.15) is 46.0 Å². The summed E-state index contributed by atoms with van der Waals surface area (Å²) < 4.78 is 47.4. The maximum Gasteiger partial charge on any atom is 0.433 e. The molecule has 0 bridgehead atoms. The number of nitrogens with one attached hydrogen (secondary N) is 2. The standard InChI is InChI=1S/C35H35F3N8O4/c1-4-45-33-27(22(3)43-46(33)25-11-6-5-7-12-25)28(29(34(45)49)42-32(48)30-39-14-13-26(41-30)35(36,37)38)23-9-8-10-24(19-23)40-31(47)21(2)20-44-15-17-50-18-16-44/h5-14,19,28-29H,2,4,15-18,20H2,1,3H3,(H,40,47)(H,42,48). The van der Waals surface area contributed by atoms with Gasteiger partial charge in [-0.2, -0.15) is 18.3 Å². The van der Waals surface area contributed by atoms with Gasteiger partial charge in [0, 0.05) is 55.1 Å². The topological polar surface area (TPSA) is 135 Å². The van der Waals surface area contributed by atoms with Crippen LogP contribution in [-0.2, 0) is 20.5 Å². The summed E-state index contributed by atoms with van der Waals surface area (Å²) in [4.78, 5) is 51.8. The highest BCUT2D eigenvalue weighted by atomic mass is 19.4. The van der Waals surface area contributed by atoms with Gasteiger partial charge in [0.25, 0.3) is 17.7 Å². The van der Waals surface area contributed by atoms with Crippen molar-refractivity contribution in [1.29, 1.82) is 0 Å². The molecule has 0 aliphatic carbocycles. The van der Waals surface area contributed by atoms with Crippen LogP contribution in [0.5, 0.6) is 0 Å². The van der Waals surface area contributed by atoms with Gasteiger partial charge in [0.2, 0.25) is 5.82 Å². The van der Waals surface area contributed by atoms with Gasteiger partial charge in [0.15, 0.2) is 0 Å². The second kappa shape index (κ2) is 14.2. The first kappa shape index (κ1) is 34.5. The number of fused-ring (bicyclic) bond motifs is 1. The number of nitrogens with zero attached hydrogens (tertiary/aromatic N) is 6. The van der Waals surface area contributed by atoms with Crippen LogP contribution in [0.4, 0.5) is 24.7 Å². The van der Waals surface area contributed by atoms with Crippen molar-refractivity contribution in [2.24, 2.45) is 0 Å². The minimum Gasteiger partial charge on any atom is -0.379 e. The summed E-state index contributed by atoms with van der Waals surface area (Å²) in [5, 5.41) is 10.3. The first-order valence-electron chi connectivity index (χ1n) is 16.0. The van der Waals surface area contributed by atoms with Crippen molar-refractivity contribution >= 4 is 29.2 Å². The van der Waals surface area contributed by atoms with Gasteiger partial charge in [-0.1, -0.05) is 36.9 Å². The molecule has 0 saturated carbocycles. The summed E-state index contributed by atoms with van der Waals surface area (Å²) >= 11 is 0. The fourth-order valence-corrected chi connectivity index (χ4v) is 6.25. The highest BCUT2D eigenvalue weighted by molar-refractivity contribution is 6.05. The van der Waals surface area contributed by atoms with Crippen LogP contribution in [0.3, 0.4) is 0 Å². The van der Waals surface area contributed by atoms with Crippen molar-refractivity contribution in [3.63, 3.8) is 0 Å². The van der Waals surface area contributed by atoms with Gasteiger partial charge in [-0.15, -0.1) is 0 Å². The Bertz CT molecular complexity index is 1920. The monoisotopic (exact) mass is 688 g/mol. The molecule has 0 spiro atoms. The van der Waals surface area contributed by atoms with E-state index in [2.05, 4.69) is 32.1 Å². The third kappa shape index (κ3) is 7.00. The van der Waals surface area contributed by atoms with E-state index < -0.39 is 41.5 Å². The van der Waals surface area contributed by atoms with Crippen LogP contribution in [0.15, 0.2) is 79.0 Å². The lowest BCUT2D eigenvalue weighted by Crippen LogP contribution is -2.55.